The van der Waals surface area contributed by atoms with E-state index in [1.165, 1.54) is 33.5 Å². The number of rotatable bonds is 4. The summed E-state index contributed by atoms with van der Waals surface area (Å²) in [5.41, 5.74) is 8.06. The van der Waals surface area contributed by atoms with Crippen LogP contribution in [0.5, 0.6) is 5.75 Å². The lowest BCUT2D eigenvalue weighted by Gasteiger charge is -2.39. The molecule has 3 aromatic carbocycles. The minimum absolute atomic E-state index is 0.325. The summed E-state index contributed by atoms with van der Waals surface area (Å²) in [5, 5.41) is 3.89. The second-order valence-electron chi connectivity index (χ2n) is 8.31. The minimum Gasteiger partial charge on any atom is -0.489 e. The highest BCUT2D eigenvalue weighted by molar-refractivity contribution is 5.66. The summed E-state index contributed by atoms with van der Waals surface area (Å²) < 4.78 is 5.98. The number of benzene rings is 3. The maximum absolute atomic E-state index is 5.98. The van der Waals surface area contributed by atoms with Crippen molar-refractivity contribution in [1.29, 1.82) is 0 Å². The van der Waals surface area contributed by atoms with Crippen LogP contribution < -0.4 is 10.1 Å². The molecule has 0 saturated carbocycles. The molecule has 3 aromatic rings. The number of fused-ring (bicyclic) bond motifs is 3. The van der Waals surface area contributed by atoms with Crippen LogP contribution in [-0.4, -0.2) is 0 Å². The molecule has 3 unspecified atom stereocenters. The third-order valence-electron chi connectivity index (χ3n) is 6.43. The van der Waals surface area contributed by atoms with Crippen molar-refractivity contribution in [2.24, 2.45) is 5.92 Å². The molecule has 1 aliphatic heterocycles. The minimum atomic E-state index is 0.325. The number of nitrogens with one attached hydrogen (secondary N) is 1. The van der Waals surface area contributed by atoms with Crippen LogP contribution in [0, 0.1) is 19.8 Å². The summed E-state index contributed by atoms with van der Waals surface area (Å²) in [7, 11) is 0. The molecule has 1 aliphatic carbocycles. The number of hydrogen-bond acceptors (Lipinski definition) is 2. The first-order valence-corrected chi connectivity index (χ1v) is 10.5. The fourth-order valence-corrected chi connectivity index (χ4v) is 4.88. The normalized spacial score (nSPS) is 21.9. The molecule has 29 heavy (non-hydrogen) atoms. The van der Waals surface area contributed by atoms with E-state index in [9.17, 15) is 0 Å². The van der Waals surface area contributed by atoms with E-state index in [4.69, 9.17) is 4.74 Å². The van der Waals surface area contributed by atoms with Gasteiger partial charge in [-0.2, -0.15) is 0 Å². The summed E-state index contributed by atoms with van der Waals surface area (Å²) in [6.07, 6.45) is 5.90. The number of aryl methyl sites for hydroxylation is 2. The van der Waals surface area contributed by atoms with E-state index in [-0.39, 0.29) is 0 Å². The average Bonchev–Trinajstić information content (AvgIpc) is 3.25. The van der Waals surface area contributed by atoms with E-state index in [1.807, 2.05) is 18.2 Å². The van der Waals surface area contributed by atoms with E-state index < -0.39 is 0 Å². The second kappa shape index (κ2) is 7.44. The van der Waals surface area contributed by atoms with Crippen LogP contribution in [0.3, 0.4) is 0 Å². The summed E-state index contributed by atoms with van der Waals surface area (Å²) in [6, 6.07) is 23.8. The zero-order valence-electron chi connectivity index (χ0n) is 17.1. The quantitative estimate of drug-likeness (QED) is 0.507. The number of anilines is 1. The van der Waals surface area contributed by atoms with Gasteiger partial charge in [-0.3, -0.25) is 0 Å². The van der Waals surface area contributed by atoms with E-state index in [2.05, 4.69) is 79.8 Å². The molecule has 0 bridgehead atoms. The molecule has 146 valence electrons. The molecule has 3 atom stereocenters. The van der Waals surface area contributed by atoms with Crippen molar-refractivity contribution in [3.63, 3.8) is 0 Å². The molecule has 1 heterocycles. The molecule has 0 spiro atoms. The fourth-order valence-electron chi connectivity index (χ4n) is 4.88. The zero-order chi connectivity index (χ0) is 19.8. The maximum atomic E-state index is 5.98. The average molecular weight is 382 g/mol. The van der Waals surface area contributed by atoms with Gasteiger partial charge in [0.25, 0.3) is 0 Å². The van der Waals surface area contributed by atoms with Gasteiger partial charge in [-0.1, -0.05) is 66.7 Å². The molecule has 0 amide bonds. The number of hydrogen-bond donors (Lipinski definition) is 1. The van der Waals surface area contributed by atoms with E-state index in [1.54, 1.807) is 0 Å². The van der Waals surface area contributed by atoms with Crippen LogP contribution >= 0.6 is 0 Å². The van der Waals surface area contributed by atoms with Gasteiger partial charge in [-0.05, 0) is 66.1 Å². The van der Waals surface area contributed by atoms with E-state index in [0.29, 0.717) is 24.5 Å². The molecule has 2 nitrogen and oxygen atoms in total. The molecular formula is C27H27NO. The largest absolute Gasteiger partial charge is 0.489 e. The molecular weight excluding hydrogens is 354 g/mol. The molecule has 0 aromatic heterocycles. The summed E-state index contributed by atoms with van der Waals surface area (Å²) >= 11 is 0. The molecule has 2 heteroatoms. The lowest BCUT2D eigenvalue weighted by molar-refractivity contribution is 0.306. The van der Waals surface area contributed by atoms with Gasteiger partial charge < -0.3 is 10.1 Å². The summed E-state index contributed by atoms with van der Waals surface area (Å²) in [5.74, 6) is 1.99. The molecule has 0 saturated heterocycles. The summed E-state index contributed by atoms with van der Waals surface area (Å²) in [4.78, 5) is 0. The van der Waals surface area contributed by atoms with Gasteiger partial charge in [0.05, 0.1) is 6.04 Å². The topological polar surface area (TPSA) is 21.3 Å². The van der Waals surface area contributed by atoms with Crippen molar-refractivity contribution in [3.05, 3.63) is 107 Å². The van der Waals surface area contributed by atoms with Crippen LogP contribution in [-0.2, 0) is 6.61 Å². The summed E-state index contributed by atoms with van der Waals surface area (Å²) in [6.45, 7) is 5.05. The Morgan fingerprint density at radius 3 is 2.45 bits per heavy atom. The van der Waals surface area contributed by atoms with Gasteiger partial charge in [0.1, 0.15) is 12.4 Å². The predicted octanol–water partition coefficient (Wildman–Crippen LogP) is 6.71. The van der Waals surface area contributed by atoms with Gasteiger partial charge in [0, 0.05) is 11.6 Å². The molecule has 0 fully saturated rings. The zero-order valence-corrected chi connectivity index (χ0v) is 17.1. The first-order chi connectivity index (χ1) is 14.2. The Kier molecular flexibility index (Phi) is 4.63. The van der Waals surface area contributed by atoms with Gasteiger partial charge in [-0.25, -0.2) is 0 Å². The maximum Gasteiger partial charge on any atom is 0.119 e. The first-order valence-electron chi connectivity index (χ1n) is 10.5. The van der Waals surface area contributed by atoms with Gasteiger partial charge in [0.2, 0.25) is 0 Å². The van der Waals surface area contributed by atoms with Crippen LogP contribution in [0.2, 0.25) is 0 Å². The monoisotopic (exact) mass is 381 g/mol. The Morgan fingerprint density at radius 2 is 1.66 bits per heavy atom. The van der Waals surface area contributed by atoms with Crippen molar-refractivity contribution < 1.29 is 4.74 Å². The van der Waals surface area contributed by atoms with Crippen LogP contribution in [0.1, 0.15) is 46.2 Å². The van der Waals surface area contributed by atoms with E-state index >= 15 is 0 Å². The molecule has 1 N–H and O–H groups in total. The SMILES string of the molecule is Cc1ccc(C)c2c1NC(c1ccc(OCc3ccccc3)cc1)C1CC=CC21. The Morgan fingerprint density at radius 1 is 0.897 bits per heavy atom. The highest BCUT2D eigenvalue weighted by Gasteiger charge is 2.39. The molecule has 0 radical (unpaired) electrons. The Hall–Kier alpha value is -3.00. The third kappa shape index (κ3) is 3.33. The number of ether oxygens (including phenoxy) is 1. The molecule has 5 rings (SSSR count). The lowest BCUT2D eigenvalue weighted by Crippen LogP contribution is -2.30. The second-order valence-corrected chi connectivity index (χ2v) is 8.31. The van der Waals surface area contributed by atoms with Crippen LogP contribution in [0.15, 0.2) is 78.9 Å². The first kappa shape index (κ1) is 18.1. The molecule has 2 aliphatic rings. The van der Waals surface area contributed by atoms with Crippen molar-refractivity contribution in [2.75, 3.05) is 5.32 Å². The van der Waals surface area contributed by atoms with Crippen molar-refractivity contribution >= 4 is 5.69 Å². The number of allylic oxidation sites excluding steroid dienone is 2. The van der Waals surface area contributed by atoms with Crippen LogP contribution in [0.4, 0.5) is 5.69 Å². The van der Waals surface area contributed by atoms with Gasteiger partial charge in [-0.15, -0.1) is 0 Å². The highest BCUT2D eigenvalue weighted by Crippen LogP contribution is 2.51. The lowest BCUT2D eigenvalue weighted by atomic mass is 9.75. The van der Waals surface area contributed by atoms with Crippen LogP contribution in [0.25, 0.3) is 0 Å². The van der Waals surface area contributed by atoms with Gasteiger partial charge >= 0.3 is 0 Å². The highest BCUT2D eigenvalue weighted by atomic mass is 16.5. The predicted molar refractivity (Wildman–Crippen MR) is 119 cm³/mol. The van der Waals surface area contributed by atoms with Crippen molar-refractivity contribution in [1.82, 2.24) is 0 Å². The smallest absolute Gasteiger partial charge is 0.119 e. The van der Waals surface area contributed by atoms with Crippen molar-refractivity contribution in [3.8, 4) is 5.75 Å². The Balaban J connectivity index is 1.39. The third-order valence-corrected chi connectivity index (χ3v) is 6.43. The standard InChI is InChI=1S/C27H27NO/c1-18-11-12-19(2)26-25(18)23-9-6-10-24(23)27(28-26)21-13-15-22(16-14-21)29-17-20-7-4-3-5-8-20/h3-9,11-16,23-24,27-28H,10,17H2,1-2H3. The Bertz CT molecular complexity index is 1040. The fraction of sp³-hybridized carbons (Fsp3) is 0.259. The van der Waals surface area contributed by atoms with Gasteiger partial charge in [0.15, 0.2) is 0 Å². The van der Waals surface area contributed by atoms with Crippen molar-refractivity contribution in [2.45, 2.75) is 38.8 Å². The van der Waals surface area contributed by atoms with E-state index in [0.717, 1.165) is 12.2 Å². The Labute approximate surface area is 173 Å².